The highest BCUT2D eigenvalue weighted by molar-refractivity contribution is 6.04. The van der Waals surface area contributed by atoms with Gasteiger partial charge >= 0.3 is 12.1 Å². The van der Waals surface area contributed by atoms with E-state index < -0.39 is 6.09 Å². The third-order valence-electron chi connectivity index (χ3n) is 4.23. The first kappa shape index (κ1) is 22.6. The minimum Gasteiger partial charge on any atom is -0.469 e. The number of ether oxygens (including phenoxy) is 2. The second-order valence-corrected chi connectivity index (χ2v) is 6.31. The summed E-state index contributed by atoms with van der Waals surface area (Å²) in [7, 11) is 1.33. The van der Waals surface area contributed by atoms with Crippen LogP contribution >= 0.6 is 0 Å². The zero-order valence-corrected chi connectivity index (χ0v) is 17.0. The molecule has 0 saturated heterocycles. The fourth-order valence-corrected chi connectivity index (χ4v) is 2.62. The van der Waals surface area contributed by atoms with Crippen molar-refractivity contribution in [3.8, 4) is 11.1 Å². The highest BCUT2D eigenvalue weighted by Gasteiger charge is 2.09. The van der Waals surface area contributed by atoms with E-state index in [2.05, 4.69) is 15.4 Å². The lowest BCUT2D eigenvalue weighted by molar-refractivity contribution is -0.140. The van der Waals surface area contributed by atoms with Crippen LogP contribution in [0.3, 0.4) is 0 Å². The van der Waals surface area contributed by atoms with Crippen LogP contribution in [0.2, 0.25) is 0 Å². The number of esters is 1. The number of nitrogens with one attached hydrogen (secondary N) is 3. The molecule has 2 amide bonds. The van der Waals surface area contributed by atoms with Crippen molar-refractivity contribution in [2.75, 3.05) is 20.3 Å². The molecule has 0 spiro atoms. The molecule has 2 aromatic rings. The summed E-state index contributed by atoms with van der Waals surface area (Å²) in [6.45, 7) is 2.32. The standard InChI is InChI=1S/C22H25N3O5/c1-3-30-22(28)25-20(23)17-10-6-15(7-11-17)16-8-12-18(13-9-16)21(27)24-14-4-5-19(26)29-2/h6-13H,3-5,14H2,1-2H3,(H,24,27)(H2,23,25,28). The number of benzene rings is 2. The normalized spacial score (nSPS) is 10.1. The van der Waals surface area contributed by atoms with Gasteiger partial charge in [-0.1, -0.05) is 36.4 Å². The Kier molecular flexibility index (Phi) is 8.56. The maximum absolute atomic E-state index is 12.2. The summed E-state index contributed by atoms with van der Waals surface area (Å²) in [6, 6.07) is 14.2. The van der Waals surface area contributed by atoms with E-state index in [1.165, 1.54) is 7.11 Å². The van der Waals surface area contributed by atoms with Gasteiger partial charge in [0.15, 0.2) is 0 Å². The Morgan fingerprint density at radius 2 is 1.50 bits per heavy atom. The minimum absolute atomic E-state index is 0.0424. The number of hydrogen-bond acceptors (Lipinski definition) is 6. The van der Waals surface area contributed by atoms with Crippen LogP contribution in [0.1, 0.15) is 35.7 Å². The van der Waals surface area contributed by atoms with Crippen LogP contribution in [0.5, 0.6) is 0 Å². The Balaban J connectivity index is 1.92. The molecule has 3 N–H and O–H groups in total. The Hall–Kier alpha value is -3.68. The molecule has 0 radical (unpaired) electrons. The van der Waals surface area contributed by atoms with Gasteiger partial charge in [-0.3, -0.25) is 20.3 Å². The van der Waals surface area contributed by atoms with E-state index in [0.717, 1.165) is 11.1 Å². The van der Waals surface area contributed by atoms with Crippen molar-refractivity contribution in [2.24, 2.45) is 0 Å². The predicted octanol–water partition coefficient (Wildman–Crippen LogP) is 3.11. The van der Waals surface area contributed by atoms with E-state index in [0.29, 0.717) is 24.1 Å². The van der Waals surface area contributed by atoms with Crippen LogP contribution in [-0.4, -0.2) is 44.1 Å². The van der Waals surface area contributed by atoms with Crippen LogP contribution < -0.4 is 10.6 Å². The number of amides is 2. The molecular weight excluding hydrogens is 386 g/mol. The lowest BCUT2D eigenvalue weighted by atomic mass is 10.0. The van der Waals surface area contributed by atoms with Gasteiger partial charge in [0, 0.05) is 24.1 Å². The lowest BCUT2D eigenvalue weighted by Crippen LogP contribution is -2.30. The average molecular weight is 411 g/mol. The summed E-state index contributed by atoms with van der Waals surface area (Å²) >= 11 is 0. The number of carbonyl (C=O) groups excluding carboxylic acids is 3. The zero-order valence-electron chi connectivity index (χ0n) is 17.0. The third kappa shape index (κ3) is 6.73. The largest absolute Gasteiger partial charge is 0.469 e. The van der Waals surface area contributed by atoms with Gasteiger partial charge in [0.25, 0.3) is 5.91 Å². The molecule has 0 aromatic heterocycles. The van der Waals surface area contributed by atoms with Crippen molar-refractivity contribution in [2.45, 2.75) is 19.8 Å². The number of methoxy groups -OCH3 is 1. The lowest BCUT2D eigenvalue weighted by Gasteiger charge is -2.09. The molecule has 8 heteroatoms. The Bertz CT molecular complexity index is 892. The van der Waals surface area contributed by atoms with E-state index in [9.17, 15) is 14.4 Å². The van der Waals surface area contributed by atoms with Gasteiger partial charge in [0.05, 0.1) is 13.7 Å². The predicted molar refractivity (Wildman–Crippen MR) is 112 cm³/mol. The maximum Gasteiger partial charge on any atom is 0.412 e. The van der Waals surface area contributed by atoms with E-state index in [1.54, 1.807) is 31.2 Å². The molecule has 158 valence electrons. The van der Waals surface area contributed by atoms with Crippen molar-refractivity contribution in [3.05, 3.63) is 59.7 Å². The zero-order chi connectivity index (χ0) is 21.9. The fourth-order valence-electron chi connectivity index (χ4n) is 2.62. The molecule has 0 aliphatic carbocycles. The monoisotopic (exact) mass is 411 g/mol. The van der Waals surface area contributed by atoms with Gasteiger partial charge in [-0.15, -0.1) is 0 Å². The third-order valence-corrected chi connectivity index (χ3v) is 4.23. The molecule has 0 unspecified atom stereocenters. The number of alkyl carbamates (subject to hydrolysis) is 1. The number of carbonyl (C=O) groups is 3. The van der Waals surface area contributed by atoms with Crippen LogP contribution in [-0.2, 0) is 14.3 Å². The highest BCUT2D eigenvalue weighted by Crippen LogP contribution is 2.20. The summed E-state index contributed by atoms with van der Waals surface area (Å²) in [5.74, 6) is -0.550. The van der Waals surface area contributed by atoms with E-state index >= 15 is 0 Å². The highest BCUT2D eigenvalue weighted by atomic mass is 16.5. The first-order chi connectivity index (χ1) is 14.4. The van der Waals surface area contributed by atoms with Crippen molar-refractivity contribution in [3.63, 3.8) is 0 Å². The molecule has 0 fully saturated rings. The van der Waals surface area contributed by atoms with E-state index in [-0.39, 0.29) is 30.7 Å². The van der Waals surface area contributed by atoms with Gasteiger partial charge < -0.3 is 14.8 Å². The molecule has 0 bridgehead atoms. The van der Waals surface area contributed by atoms with Crippen LogP contribution in [0.15, 0.2) is 48.5 Å². The van der Waals surface area contributed by atoms with Crippen molar-refractivity contribution < 1.29 is 23.9 Å². The SMILES string of the molecule is CCOC(=O)NC(=N)c1ccc(-c2ccc(C(=O)NCCCC(=O)OC)cc2)cc1. The Labute approximate surface area is 175 Å². The smallest absolute Gasteiger partial charge is 0.412 e. The summed E-state index contributed by atoms with van der Waals surface area (Å²) < 4.78 is 9.32. The molecule has 0 aliphatic rings. The maximum atomic E-state index is 12.2. The molecule has 2 rings (SSSR count). The first-order valence-corrected chi connectivity index (χ1v) is 9.52. The Morgan fingerprint density at radius 1 is 0.933 bits per heavy atom. The summed E-state index contributed by atoms with van der Waals surface area (Å²) in [6.07, 6.45) is 0.118. The fraction of sp³-hybridized carbons (Fsp3) is 0.273. The minimum atomic E-state index is -0.661. The number of rotatable bonds is 8. The quantitative estimate of drug-likeness (QED) is 0.267. The van der Waals surface area contributed by atoms with Crippen LogP contribution in [0, 0.1) is 5.41 Å². The van der Waals surface area contributed by atoms with Gasteiger partial charge in [0.2, 0.25) is 0 Å². The van der Waals surface area contributed by atoms with Gasteiger partial charge in [-0.25, -0.2) is 4.79 Å². The summed E-state index contributed by atoms with van der Waals surface area (Å²) in [5.41, 5.74) is 2.89. The van der Waals surface area contributed by atoms with E-state index in [1.807, 2.05) is 24.3 Å². The molecule has 0 aliphatic heterocycles. The topological polar surface area (TPSA) is 118 Å². The van der Waals surface area contributed by atoms with Gasteiger partial charge in [-0.05, 0) is 36.6 Å². The molecule has 0 atom stereocenters. The first-order valence-electron chi connectivity index (χ1n) is 9.52. The summed E-state index contributed by atoms with van der Waals surface area (Å²) in [5, 5.41) is 13.0. The summed E-state index contributed by atoms with van der Waals surface area (Å²) in [4.78, 5) is 34.6. The van der Waals surface area contributed by atoms with Gasteiger partial charge in [0.1, 0.15) is 5.84 Å². The molecule has 0 saturated carbocycles. The van der Waals surface area contributed by atoms with Crippen LogP contribution in [0.25, 0.3) is 11.1 Å². The second kappa shape index (κ2) is 11.4. The van der Waals surface area contributed by atoms with E-state index in [4.69, 9.17) is 10.1 Å². The Morgan fingerprint density at radius 3 is 2.03 bits per heavy atom. The number of amidine groups is 1. The van der Waals surface area contributed by atoms with Crippen molar-refractivity contribution in [1.82, 2.24) is 10.6 Å². The molecule has 8 nitrogen and oxygen atoms in total. The van der Waals surface area contributed by atoms with Crippen molar-refractivity contribution in [1.29, 1.82) is 5.41 Å². The van der Waals surface area contributed by atoms with Crippen LogP contribution in [0.4, 0.5) is 4.79 Å². The molecular formula is C22H25N3O5. The molecule has 0 heterocycles. The van der Waals surface area contributed by atoms with Gasteiger partial charge in [-0.2, -0.15) is 0 Å². The molecule has 2 aromatic carbocycles. The average Bonchev–Trinajstić information content (AvgIpc) is 2.76. The second-order valence-electron chi connectivity index (χ2n) is 6.31. The number of hydrogen-bond donors (Lipinski definition) is 3. The molecule has 30 heavy (non-hydrogen) atoms. The van der Waals surface area contributed by atoms with Crippen molar-refractivity contribution >= 4 is 23.8 Å².